The highest BCUT2D eigenvalue weighted by Gasteiger charge is 2.37. The van der Waals surface area contributed by atoms with E-state index < -0.39 is 23.8 Å². The Morgan fingerprint density at radius 1 is 0.667 bits per heavy atom. The second-order valence-electron chi connectivity index (χ2n) is 6.44. The van der Waals surface area contributed by atoms with Gasteiger partial charge < -0.3 is 14.9 Å². The van der Waals surface area contributed by atoms with E-state index in [-0.39, 0.29) is 27.9 Å². The molecule has 0 bridgehead atoms. The molecule has 0 aliphatic carbocycles. The van der Waals surface area contributed by atoms with Gasteiger partial charge in [0.05, 0.1) is 27.9 Å². The average molecular weight is 403 g/mol. The van der Waals surface area contributed by atoms with E-state index in [0.717, 1.165) is 4.90 Å². The summed E-state index contributed by atoms with van der Waals surface area (Å²) < 4.78 is 5.66. The molecule has 1 aliphatic rings. The molecule has 8 nitrogen and oxygen atoms in total. The highest BCUT2D eigenvalue weighted by molar-refractivity contribution is 6.34. The Kier molecular flexibility index (Phi) is 4.51. The van der Waals surface area contributed by atoms with Gasteiger partial charge in [0.15, 0.2) is 0 Å². The third kappa shape index (κ3) is 3.26. The molecule has 8 heteroatoms. The molecule has 0 radical (unpaired) electrons. The zero-order chi connectivity index (χ0) is 21.4. The van der Waals surface area contributed by atoms with Gasteiger partial charge in [-0.2, -0.15) is 0 Å². The van der Waals surface area contributed by atoms with Crippen LogP contribution in [0.25, 0.3) is 0 Å². The Balaban J connectivity index is 1.60. The lowest BCUT2D eigenvalue weighted by Gasteiger charge is -2.13. The zero-order valence-corrected chi connectivity index (χ0v) is 15.2. The fraction of sp³-hybridized carbons (Fsp3) is 0. The molecule has 148 valence electrons. The molecule has 30 heavy (non-hydrogen) atoms. The van der Waals surface area contributed by atoms with Crippen molar-refractivity contribution in [2.45, 2.75) is 0 Å². The normalized spacial score (nSPS) is 12.6. The molecule has 2 N–H and O–H groups in total. The summed E-state index contributed by atoms with van der Waals surface area (Å²) in [5.74, 6) is -2.55. The van der Waals surface area contributed by atoms with Crippen molar-refractivity contribution < 1.29 is 34.1 Å². The van der Waals surface area contributed by atoms with E-state index in [0.29, 0.717) is 11.5 Å². The van der Waals surface area contributed by atoms with E-state index in [1.165, 1.54) is 66.7 Å². The standard InChI is InChI=1S/C22H13NO7/c24-19-17-10-9-16(30-15-7-3-13(4-8-15)22(28)29)11-18(17)20(25)23(19)14-5-1-12(2-6-14)21(26)27/h1-11H,(H,26,27)(H,28,29). The zero-order valence-electron chi connectivity index (χ0n) is 15.2. The van der Waals surface area contributed by atoms with Crippen LogP contribution < -0.4 is 9.64 Å². The average Bonchev–Trinajstić information content (AvgIpc) is 2.98. The molecule has 2 amide bonds. The van der Waals surface area contributed by atoms with Gasteiger partial charge in [0, 0.05) is 0 Å². The molecule has 1 aliphatic heterocycles. The van der Waals surface area contributed by atoms with Gasteiger partial charge in [0.25, 0.3) is 11.8 Å². The molecule has 0 fully saturated rings. The minimum atomic E-state index is -1.11. The predicted octanol–water partition coefficient (Wildman–Crippen LogP) is 3.68. The molecular formula is C22H13NO7. The number of aromatic carboxylic acids is 2. The van der Waals surface area contributed by atoms with Crippen LogP contribution in [0.1, 0.15) is 41.4 Å². The molecule has 3 aromatic carbocycles. The second-order valence-corrected chi connectivity index (χ2v) is 6.44. The fourth-order valence-electron chi connectivity index (χ4n) is 3.07. The van der Waals surface area contributed by atoms with Crippen molar-refractivity contribution in [2.75, 3.05) is 4.90 Å². The van der Waals surface area contributed by atoms with Gasteiger partial charge in [-0.25, -0.2) is 14.5 Å². The summed E-state index contributed by atoms with van der Waals surface area (Å²) in [5, 5.41) is 17.9. The number of carbonyl (C=O) groups excluding carboxylic acids is 2. The summed E-state index contributed by atoms with van der Waals surface area (Å²) in [7, 11) is 0. The minimum Gasteiger partial charge on any atom is -0.478 e. The van der Waals surface area contributed by atoms with Crippen LogP contribution in [0.3, 0.4) is 0 Å². The molecule has 0 saturated carbocycles. The Hall–Kier alpha value is -4.46. The van der Waals surface area contributed by atoms with Crippen LogP contribution in [0.5, 0.6) is 11.5 Å². The summed E-state index contributed by atoms with van der Waals surface area (Å²) in [6.45, 7) is 0. The van der Waals surface area contributed by atoms with E-state index in [2.05, 4.69) is 0 Å². The van der Waals surface area contributed by atoms with Crippen LogP contribution in [0.2, 0.25) is 0 Å². The predicted molar refractivity (Wildman–Crippen MR) is 104 cm³/mol. The van der Waals surface area contributed by atoms with E-state index in [1.54, 1.807) is 0 Å². The van der Waals surface area contributed by atoms with E-state index >= 15 is 0 Å². The molecule has 0 spiro atoms. The number of fused-ring (bicyclic) bond motifs is 1. The van der Waals surface area contributed by atoms with Gasteiger partial charge in [-0.3, -0.25) is 9.59 Å². The molecule has 3 aromatic rings. The van der Waals surface area contributed by atoms with Crippen molar-refractivity contribution in [1.82, 2.24) is 0 Å². The van der Waals surface area contributed by atoms with Gasteiger partial charge in [-0.15, -0.1) is 0 Å². The summed E-state index contributed by atoms with van der Waals surface area (Å²) >= 11 is 0. The number of carboxylic acid groups (broad SMARTS) is 2. The fourth-order valence-corrected chi connectivity index (χ4v) is 3.07. The summed E-state index contributed by atoms with van der Waals surface area (Å²) in [5.41, 5.74) is 0.775. The van der Waals surface area contributed by atoms with Crippen molar-refractivity contribution in [3.8, 4) is 11.5 Å². The largest absolute Gasteiger partial charge is 0.478 e. The number of hydrogen-bond donors (Lipinski definition) is 2. The van der Waals surface area contributed by atoms with Crippen LogP contribution >= 0.6 is 0 Å². The van der Waals surface area contributed by atoms with Crippen LogP contribution in [0.15, 0.2) is 66.7 Å². The van der Waals surface area contributed by atoms with E-state index in [1.807, 2.05) is 0 Å². The maximum Gasteiger partial charge on any atom is 0.335 e. The number of ether oxygens (including phenoxy) is 1. The van der Waals surface area contributed by atoms with Gasteiger partial charge in [-0.05, 0) is 66.7 Å². The first-order valence-corrected chi connectivity index (χ1v) is 8.72. The number of hydrogen-bond acceptors (Lipinski definition) is 5. The van der Waals surface area contributed by atoms with E-state index in [9.17, 15) is 19.2 Å². The third-order valence-corrected chi connectivity index (χ3v) is 4.57. The number of nitrogens with zero attached hydrogens (tertiary/aromatic N) is 1. The summed E-state index contributed by atoms with van der Waals surface area (Å²) in [4.78, 5) is 48.4. The van der Waals surface area contributed by atoms with E-state index in [4.69, 9.17) is 14.9 Å². The van der Waals surface area contributed by atoms with Gasteiger partial charge >= 0.3 is 11.9 Å². The number of carboxylic acids is 2. The molecule has 4 rings (SSSR count). The maximum absolute atomic E-state index is 12.8. The van der Waals surface area contributed by atoms with Crippen molar-refractivity contribution in [3.63, 3.8) is 0 Å². The van der Waals surface area contributed by atoms with Crippen molar-refractivity contribution in [1.29, 1.82) is 0 Å². The summed E-state index contributed by atoms with van der Waals surface area (Å²) in [6.07, 6.45) is 0. The topological polar surface area (TPSA) is 121 Å². The molecule has 1 heterocycles. The Morgan fingerprint density at radius 3 is 1.73 bits per heavy atom. The Labute approximate surface area is 169 Å². The summed E-state index contributed by atoms with van der Waals surface area (Å²) in [6, 6.07) is 15.6. The van der Waals surface area contributed by atoms with Gasteiger partial charge in [0.2, 0.25) is 0 Å². The number of rotatable bonds is 5. The monoisotopic (exact) mass is 403 g/mol. The second kappa shape index (κ2) is 7.17. The number of anilines is 1. The van der Waals surface area contributed by atoms with Crippen molar-refractivity contribution in [2.24, 2.45) is 0 Å². The molecule has 0 aromatic heterocycles. The molecule has 0 atom stereocenters. The molecular weight excluding hydrogens is 390 g/mol. The van der Waals surface area contributed by atoms with Crippen LogP contribution in [-0.4, -0.2) is 34.0 Å². The minimum absolute atomic E-state index is 0.0416. The lowest BCUT2D eigenvalue weighted by atomic mass is 10.1. The quantitative estimate of drug-likeness (QED) is 0.623. The lowest BCUT2D eigenvalue weighted by molar-refractivity contribution is 0.0686. The van der Waals surface area contributed by atoms with Crippen molar-refractivity contribution in [3.05, 3.63) is 89.0 Å². The Morgan fingerprint density at radius 2 is 1.17 bits per heavy atom. The van der Waals surface area contributed by atoms with Gasteiger partial charge in [0.1, 0.15) is 11.5 Å². The first-order chi connectivity index (χ1) is 14.3. The SMILES string of the molecule is O=C(O)c1ccc(Oc2ccc3c(c2)C(=O)N(c2ccc(C(=O)O)cc2)C3=O)cc1. The van der Waals surface area contributed by atoms with Crippen LogP contribution in [-0.2, 0) is 0 Å². The highest BCUT2D eigenvalue weighted by atomic mass is 16.5. The molecule has 0 unspecified atom stereocenters. The highest BCUT2D eigenvalue weighted by Crippen LogP contribution is 2.32. The maximum atomic E-state index is 12.8. The Bertz CT molecular complexity index is 1200. The number of imide groups is 1. The first kappa shape index (κ1) is 18.9. The number of carbonyl (C=O) groups is 4. The first-order valence-electron chi connectivity index (χ1n) is 8.72. The van der Waals surface area contributed by atoms with Gasteiger partial charge in [-0.1, -0.05) is 0 Å². The van der Waals surface area contributed by atoms with Crippen molar-refractivity contribution >= 4 is 29.4 Å². The lowest BCUT2D eigenvalue weighted by Crippen LogP contribution is -2.29. The third-order valence-electron chi connectivity index (χ3n) is 4.57. The number of benzene rings is 3. The smallest absolute Gasteiger partial charge is 0.335 e. The number of amides is 2. The molecule has 0 saturated heterocycles. The van der Waals surface area contributed by atoms with Crippen LogP contribution in [0, 0.1) is 0 Å². The van der Waals surface area contributed by atoms with Crippen LogP contribution in [0.4, 0.5) is 5.69 Å².